The van der Waals surface area contributed by atoms with Crippen molar-refractivity contribution in [1.29, 1.82) is 10.8 Å². The maximum Gasteiger partial charge on any atom is 0.326 e. The largest absolute Gasteiger partial charge is 0.481 e. The van der Waals surface area contributed by atoms with Crippen molar-refractivity contribution in [3.63, 3.8) is 0 Å². The highest BCUT2D eigenvalue weighted by Crippen LogP contribution is 2.18. The summed E-state index contributed by atoms with van der Waals surface area (Å²) in [6.45, 7) is 25.0. The molecule has 1 aromatic rings. The van der Waals surface area contributed by atoms with Gasteiger partial charge in [-0.05, 0) is 138 Å². The molecule has 0 radical (unpaired) electrons. The van der Waals surface area contributed by atoms with Crippen LogP contribution in [0, 0.1) is 52.2 Å². The van der Waals surface area contributed by atoms with E-state index in [1.54, 1.807) is 106 Å². The normalized spacial score (nSPS) is 15.4. The first-order chi connectivity index (χ1) is 64.5. The maximum atomic E-state index is 14.7. The predicted molar refractivity (Wildman–Crippen MR) is 513 cm³/mol. The number of thioether (sulfide) groups is 1. The Balaban J connectivity index is 3.65. The van der Waals surface area contributed by atoms with Gasteiger partial charge in [-0.25, -0.2) is 4.79 Å². The number of benzene rings is 1. The fourth-order valence-corrected chi connectivity index (χ4v) is 14.1. The number of carbonyl (C=O) groups excluding carboxylic acids is 18. The molecule has 0 saturated heterocycles. The zero-order chi connectivity index (χ0) is 105. The lowest BCUT2D eigenvalue weighted by atomic mass is 9.95. The summed E-state index contributed by atoms with van der Waals surface area (Å²) in [5, 5.41) is 93.5. The molecule has 0 spiro atoms. The molecule has 0 fully saturated rings. The summed E-state index contributed by atoms with van der Waals surface area (Å²) in [5.74, 6) is -23.6. The van der Waals surface area contributed by atoms with E-state index in [4.69, 9.17) is 33.8 Å². The number of rotatable bonds is 66. The zero-order valence-electron chi connectivity index (χ0n) is 82.4. The molecule has 0 unspecified atom stereocenters. The lowest BCUT2D eigenvalue weighted by molar-refractivity contribution is -0.143. The molecule has 0 aliphatic rings. The van der Waals surface area contributed by atoms with E-state index in [0.717, 1.165) is 6.92 Å². The van der Waals surface area contributed by atoms with E-state index < -0.39 is 301 Å². The molecule has 0 saturated carbocycles. The molecule has 0 aliphatic carbocycles. The lowest BCUT2D eigenvalue weighted by Crippen LogP contribution is -2.62. The van der Waals surface area contributed by atoms with Crippen LogP contribution in [0.25, 0.3) is 0 Å². The zero-order valence-corrected chi connectivity index (χ0v) is 83.2. The molecule has 0 bridgehead atoms. The van der Waals surface area contributed by atoms with Crippen molar-refractivity contribution in [2.45, 2.75) is 310 Å². The number of carboxylic acid groups (broad SMARTS) is 2. The average Bonchev–Trinajstić information content (AvgIpc) is 0.827. The van der Waals surface area contributed by atoms with Crippen LogP contribution in [-0.4, -0.2) is 286 Å². The monoisotopic (exact) mass is 1970 g/mol. The van der Waals surface area contributed by atoms with Gasteiger partial charge < -0.3 is 139 Å². The Bertz CT molecular complexity index is 4260. The van der Waals surface area contributed by atoms with Crippen LogP contribution in [0.15, 0.2) is 30.3 Å². The van der Waals surface area contributed by atoms with E-state index in [-0.39, 0.29) is 69.9 Å². The molecule has 32 N–H and O–H groups in total. The van der Waals surface area contributed by atoms with Gasteiger partial charge in [0.05, 0.1) is 25.2 Å². The highest BCUT2D eigenvalue weighted by molar-refractivity contribution is 7.98. The van der Waals surface area contributed by atoms with Crippen LogP contribution in [0.3, 0.4) is 0 Å². The number of aliphatic carboxylic acids is 2. The molecule has 138 heavy (non-hydrogen) atoms. The predicted octanol–water partition coefficient (Wildman–Crippen LogP) is -4.87. The number of hydrogen-bond acceptors (Lipinski definition) is 25. The number of aliphatic hydroxyl groups is 1. The Kier molecular flexibility index (Phi) is 57.0. The van der Waals surface area contributed by atoms with Crippen molar-refractivity contribution in [1.82, 2.24) is 101 Å². The summed E-state index contributed by atoms with van der Waals surface area (Å²) in [6.07, 6.45) is -2.13. The minimum Gasteiger partial charge on any atom is -0.481 e. The third-order valence-corrected chi connectivity index (χ3v) is 22.8. The number of guanidine groups is 2. The second-order valence-corrected chi connectivity index (χ2v) is 37.2. The van der Waals surface area contributed by atoms with Crippen molar-refractivity contribution in [2.75, 3.05) is 38.2 Å². The van der Waals surface area contributed by atoms with Gasteiger partial charge >= 0.3 is 11.9 Å². The highest BCUT2D eigenvalue weighted by Gasteiger charge is 2.41. The number of nitrogens with two attached hydrogens (primary N) is 4. The molecular formula is C89H153N25O23S. The first-order valence-electron chi connectivity index (χ1n) is 46.4. The van der Waals surface area contributed by atoms with Gasteiger partial charge in [0.2, 0.25) is 106 Å². The molecule has 18 amide bonds. The maximum absolute atomic E-state index is 14.7. The molecule has 1 aromatic carbocycles. The van der Waals surface area contributed by atoms with E-state index in [2.05, 4.69) is 101 Å². The second kappa shape index (κ2) is 63.8. The molecule has 1 rings (SSSR count). The fourth-order valence-electron chi connectivity index (χ4n) is 13.6. The molecule has 19 atom stereocenters. The van der Waals surface area contributed by atoms with E-state index in [9.17, 15) is 111 Å². The van der Waals surface area contributed by atoms with Gasteiger partial charge in [0.25, 0.3) is 0 Å². The molecule has 0 aliphatic heterocycles. The molecule has 48 nitrogen and oxygen atoms in total. The summed E-state index contributed by atoms with van der Waals surface area (Å²) in [4.78, 5) is 275. The summed E-state index contributed by atoms with van der Waals surface area (Å²) >= 11 is 1.49. The quantitative estimate of drug-likeness (QED) is 0.0165. The van der Waals surface area contributed by atoms with Crippen molar-refractivity contribution in [3.05, 3.63) is 35.9 Å². The first-order valence-corrected chi connectivity index (χ1v) is 47.8. The van der Waals surface area contributed by atoms with E-state index in [1.165, 1.54) is 39.5 Å². The number of aliphatic hydroxyl groups excluding tert-OH is 1. The summed E-state index contributed by atoms with van der Waals surface area (Å²) in [6, 6.07) is -14.5. The molecule has 0 aromatic heterocycles. The van der Waals surface area contributed by atoms with Crippen LogP contribution >= 0.6 is 11.8 Å². The van der Waals surface area contributed by atoms with Crippen molar-refractivity contribution in [2.24, 2.45) is 64.4 Å². The number of carboxylic acids is 2. The number of primary amides is 1. The Morgan fingerprint density at radius 2 is 0.703 bits per heavy atom. The van der Waals surface area contributed by atoms with Crippen LogP contribution in [-0.2, 0) is 102 Å². The molecular weight excluding hydrogens is 1820 g/mol. The minimum absolute atomic E-state index is 0.0261. The first kappa shape index (κ1) is 123. The number of carbonyl (C=O) groups is 20. The average molecular weight is 1970 g/mol. The Morgan fingerprint density at radius 1 is 0.362 bits per heavy atom. The molecule has 778 valence electrons. The van der Waals surface area contributed by atoms with Gasteiger partial charge in [0, 0.05) is 32.4 Å². The van der Waals surface area contributed by atoms with Crippen LogP contribution in [0.5, 0.6) is 0 Å². The van der Waals surface area contributed by atoms with E-state index in [1.807, 2.05) is 13.2 Å². The topological polar surface area (TPSA) is 782 Å². The Labute approximate surface area is 810 Å². The number of hydrogen-bond donors (Lipinski definition) is 28. The standard InChI is InChI=1S/C89H153N25O23S/c1-19-48(13)69(112-74(123)54(90)34-37-138-18)84(133)108-61(40-53-26-22-21-23-27-53)81(130)113-70(49(14)20-2)85(134)110-67(46(9)10)82(131)101-51(16)72(121)102-58(31-33-65(119)120)79(128)104-55(28-24-35-96-88(92)93)77(126)103-56(29-25-36-97-89(94)95)78(127)105-57(30-32-62(91)116)75(124)98-42-64(118)109-66(45(7)8)83(132)107-60(39-44(5)6)80(129)114-71(52(17)115)86(135)106-59(38-43(3)4)76(125)99-41-63(117)100-50(15)73(122)111-68(47(11)12)87(136)137/h21-23,26-27,43-52,54-61,66-71,115H,19-20,24-25,28-42,90H2,1-18H3,(H2,91,116)(H,98,124)(H,99,125)(H,100,117)(H,101,131)(H,102,121)(H,103,126)(H,104,128)(H,105,127)(H,106,135)(H,107,132)(H,108,133)(H,109,118)(H,110,134)(H,111,122)(H,112,123)(H,113,130)(H,114,129)(H,119,120)(H,136,137)(H4,92,93,96)(H4,94,95,97)/t48-,49-,50-,51-,52+,54-,55-,56-,57-,58-,59-,60-,61-,66-,67-,68-,69-,70-,71-/m0/s1. The van der Waals surface area contributed by atoms with Gasteiger partial charge in [0.15, 0.2) is 11.9 Å². The lowest BCUT2D eigenvalue weighted by Gasteiger charge is -2.31. The Hall–Kier alpha value is -12.6. The third-order valence-electron chi connectivity index (χ3n) is 22.2. The van der Waals surface area contributed by atoms with Crippen LogP contribution in [0.2, 0.25) is 0 Å². The van der Waals surface area contributed by atoms with Crippen molar-refractivity contribution < 1.29 is 111 Å². The van der Waals surface area contributed by atoms with Gasteiger partial charge in [-0.2, -0.15) is 11.8 Å². The molecule has 0 heterocycles. The van der Waals surface area contributed by atoms with Crippen LogP contribution in [0.4, 0.5) is 0 Å². The SMILES string of the molecule is CC[C@H](C)[C@H](NC(=O)[C@H](Cc1ccccc1)NC(=O)[C@@H](NC(=O)[C@@H](N)CCSC)[C@@H](C)CC)C(=O)N[C@H](C(=O)N[C@@H](C)C(=O)N[C@@H](CCC(=O)O)C(=O)N[C@@H](CCCNC(=N)N)C(=O)N[C@@H](CCCNC(=N)N)C(=O)N[C@@H](CCC(N)=O)C(=O)NCC(=O)N[C@H](C(=O)N[C@@H](CC(C)C)C(=O)N[C@H](C(=O)N[C@@H](CC(C)C)C(=O)NCC(=O)N[C@@H](C)C(=O)N[C@H](C(=O)O)C(C)C)[C@@H](C)O)C(C)C)C(C)C. The van der Waals surface area contributed by atoms with Crippen LogP contribution < -0.4 is 124 Å². The van der Waals surface area contributed by atoms with Crippen LogP contribution in [0.1, 0.15) is 207 Å². The van der Waals surface area contributed by atoms with Gasteiger partial charge in [-0.15, -0.1) is 0 Å². The van der Waals surface area contributed by atoms with E-state index in [0.29, 0.717) is 30.6 Å². The summed E-state index contributed by atoms with van der Waals surface area (Å²) < 4.78 is 0. The second-order valence-electron chi connectivity index (χ2n) is 36.2. The van der Waals surface area contributed by atoms with E-state index >= 15 is 0 Å². The number of nitrogens with one attached hydrogen (secondary N) is 21. The minimum atomic E-state index is -1.80. The smallest absolute Gasteiger partial charge is 0.326 e. The number of amides is 18. The van der Waals surface area contributed by atoms with Crippen molar-refractivity contribution in [3.8, 4) is 0 Å². The third kappa shape index (κ3) is 47.5. The summed E-state index contributed by atoms with van der Waals surface area (Å²) in [5.41, 5.74) is 23.4. The van der Waals surface area contributed by atoms with Crippen molar-refractivity contribution >= 4 is 142 Å². The van der Waals surface area contributed by atoms with Gasteiger partial charge in [-0.1, -0.05) is 140 Å². The highest BCUT2D eigenvalue weighted by atomic mass is 32.2. The van der Waals surface area contributed by atoms with Gasteiger partial charge in [-0.3, -0.25) is 102 Å². The fraction of sp³-hybridized carbons (Fsp3) is 0.685. The molecule has 49 heteroatoms. The summed E-state index contributed by atoms with van der Waals surface area (Å²) in [7, 11) is 0. The van der Waals surface area contributed by atoms with Gasteiger partial charge in [0.1, 0.15) is 90.6 Å². The Morgan fingerprint density at radius 3 is 1.14 bits per heavy atom.